The average molecular weight is 707 g/mol. The summed E-state index contributed by atoms with van der Waals surface area (Å²) in [6.07, 6.45) is 0.537. The van der Waals surface area contributed by atoms with Crippen LogP contribution in [0.1, 0.15) is 80.7 Å². The van der Waals surface area contributed by atoms with Gasteiger partial charge in [0.25, 0.3) is 0 Å². The molecule has 3 aromatic rings. The number of rotatable bonds is 5. The lowest BCUT2D eigenvalue weighted by Crippen LogP contribution is -2.44. The number of benzene rings is 1. The van der Waals surface area contributed by atoms with Crippen LogP contribution in [0, 0.1) is 30.0 Å². The van der Waals surface area contributed by atoms with Crippen LogP contribution in [0.25, 0.3) is 21.9 Å². The van der Waals surface area contributed by atoms with E-state index in [1.165, 1.54) is 30.7 Å². The number of nitriles is 1. The molecule has 1 fully saturated rings. The van der Waals surface area contributed by atoms with Crippen LogP contribution in [-0.4, -0.2) is 57.2 Å². The van der Waals surface area contributed by atoms with Gasteiger partial charge in [-0.1, -0.05) is 0 Å². The molecule has 1 aromatic carbocycles. The normalized spacial score (nSPS) is 15.9. The summed E-state index contributed by atoms with van der Waals surface area (Å²) in [6.45, 7) is 16.3. The summed E-state index contributed by atoms with van der Waals surface area (Å²) in [6, 6.07) is 5.03. The predicted octanol–water partition coefficient (Wildman–Crippen LogP) is 8.62. The van der Waals surface area contributed by atoms with Crippen molar-refractivity contribution in [2.75, 3.05) is 15.5 Å². The van der Waals surface area contributed by atoms with E-state index >= 15 is 4.39 Å². The van der Waals surface area contributed by atoms with Crippen LogP contribution in [0.3, 0.4) is 0 Å². The summed E-state index contributed by atoms with van der Waals surface area (Å²) in [5, 5.41) is 14.5. The Kier molecular flexibility index (Phi) is 10.8. The number of fused-ring (bicyclic) bond motifs is 1. The van der Waals surface area contributed by atoms with Gasteiger partial charge in [-0.2, -0.15) is 10.2 Å². The number of nitrogens with zero attached hydrogens (tertiary/aromatic N) is 4. The van der Waals surface area contributed by atoms with Gasteiger partial charge in [0, 0.05) is 41.7 Å². The topological polar surface area (TPSA) is 182 Å². The number of carbonyl (C=O) groups is 4. The van der Waals surface area contributed by atoms with E-state index in [-0.39, 0.29) is 45.2 Å². The predicted molar refractivity (Wildman–Crippen MR) is 187 cm³/mol. The maximum absolute atomic E-state index is 16.7. The minimum absolute atomic E-state index is 0.0355. The number of carbonyl (C=O) groups excluding carboxylic acids is 4. The molecule has 0 atom stereocenters. The number of halogens is 1. The minimum atomic E-state index is -1.04. The highest BCUT2D eigenvalue weighted by molar-refractivity contribution is 6.11. The molecule has 2 N–H and O–H groups in total. The van der Waals surface area contributed by atoms with Crippen molar-refractivity contribution in [1.82, 2.24) is 9.97 Å². The Bertz CT molecular complexity index is 1870. The lowest BCUT2D eigenvalue weighted by Gasteiger charge is -2.29. The molecule has 272 valence electrons. The van der Waals surface area contributed by atoms with Crippen molar-refractivity contribution >= 4 is 52.3 Å². The van der Waals surface area contributed by atoms with Crippen LogP contribution < -0.4 is 15.5 Å². The maximum atomic E-state index is 16.7. The Morgan fingerprint density at radius 1 is 0.843 bits per heavy atom. The maximum Gasteiger partial charge on any atom is 0.424 e. The first-order valence-electron chi connectivity index (χ1n) is 16.3. The van der Waals surface area contributed by atoms with Crippen molar-refractivity contribution in [1.29, 1.82) is 5.26 Å². The second kappa shape index (κ2) is 14.4. The number of imide groups is 1. The van der Waals surface area contributed by atoms with Gasteiger partial charge in [0.05, 0.1) is 29.6 Å². The van der Waals surface area contributed by atoms with Gasteiger partial charge < -0.3 is 18.9 Å². The van der Waals surface area contributed by atoms with Crippen molar-refractivity contribution in [3.8, 4) is 17.2 Å². The molecule has 1 aliphatic rings. The molecule has 4 rings (SSSR count). The molecular formula is C36H43FN6O8. The third kappa shape index (κ3) is 9.80. The van der Waals surface area contributed by atoms with E-state index in [1.807, 2.05) is 0 Å². The first kappa shape index (κ1) is 38.3. The van der Waals surface area contributed by atoms with Gasteiger partial charge in [-0.3, -0.25) is 15.6 Å². The molecule has 15 heteroatoms. The molecular weight excluding hydrogens is 663 g/mol. The summed E-state index contributed by atoms with van der Waals surface area (Å²) in [7, 11) is 0. The minimum Gasteiger partial charge on any atom is -0.446 e. The van der Waals surface area contributed by atoms with Crippen molar-refractivity contribution in [3.05, 3.63) is 42.1 Å². The van der Waals surface area contributed by atoms with E-state index in [0.717, 1.165) is 0 Å². The molecule has 0 aliphatic heterocycles. The molecule has 0 bridgehead atoms. The first-order valence-corrected chi connectivity index (χ1v) is 16.3. The van der Waals surface area contributed by atoms with E-state index in [9.17, 15) is 19.2 Å². The Morgan fingerprint density at radius 3 is 1.98 bits per heavy atom. The Hall–Kier alpha value is -5.52. The molecule has 14 nitrogen and oxygen atoms in total. The molecule has 4 amide bonds. The molecule has 0 unspecified atom stereocenters. The van der Waals surface area contributed by atoms with Crippen LogP contribution in [0.2, 0.25) is 0 Å². The number of ether oxygens (including phenoxy) is 4. The summed E-state index contributed by atoms with van der Waals surface area (Å²) in [4.78, 5) is 61.5. The summed E-state index contributed by atoms with van der Waals surface area (Å²) in [5.74, 6) is -0.993. The zero-order chi connectivity index (χ0) is 38.1. The van der Waals surface area contributed by atoms with Gasteiger partial charge in [0.1, 0.15) is 28.7 Å². The smallest absolute Gasteiger partial charge is 0.424 e. The van der Waals surface area contributed by atoms with Crippen LogP contribution in [0.4, 0.5) is 40.8 Å². The van der Waals surface area contributed by atoms with Crippen LogP contribution in [0.5, 0.6) is 0 Å². The second-order valence-electron chi connectivity index (χ2n) is 15.1. The van der Waals surface area contributed by atoms with E-state index in [2.05, 4.69) is 26.7 Å². The van der Waals surface area contributed by atoms with Gasteiger partial charge >= 0.3 is 24.4 Å². The molecule has 0 spiro atoms. The number of hydrogen-bond acceptors (Lipinski definition) is 11. The Balaban J connectivity index is 1.84. The summed E-state index contributed by atoms with van der Waals surface area (Å²) >= 11 is 0. The van der Waals surface area contributed by atoms with Crippen molar-refractivity contribution in [3.63, 3.8) is 0 Å². The van der Waals surface area contributed by atoms with Crippen LogP contribution >= 0.6 is 0 Å². The van der Waals surface area contributed by atoms with E-state index < -0.39 is 53.1 Å². The lowest BCUT2D eigenvalue weighted by atomic mass is 9.84. The summed E-state index contributed by atoms with van der Waals surface area (Å²) < 4.78 is 38.5. The molecule has 0 saturated heterocycles. The largest absolute Gasteiger partial charge is 0.446 e. The highest BCUT2D eigenvalue weighted by Crippen LogP contribution is 2.39. The molecule has 0 radical (unpaired) electrons. The monoisotopic (exact) mass is 706 g/mol. The first-order chi connectivity index (χ1) is 23.5. The van der Waals surface area contributed by atoms with Crippen LogP contribution in [-0.2, 0) is 18.9 Å². The fourth-order valence-electron chi connectivity index (χ4n) is 5.01. The Labute approximate surface area is 295 Å². The average Bonchev–Trinajstić information content (AvgIpc) is 2.94. The highest BCUT2D eigenvalue weighted by atomic mass is 19.1. The fourth-order valence-corrected chi connectivity index (χ4v) is 5.01. The zero-order valence-corrected chi connectivity index (χ0v) is 30.4. The third-order valence-corrected chi connectivity index (χ3v) is 7.24. The lowest BCUT2D eigenvalue weighted by molar-refractivity contribution is 0.0411. The van der Waals surface area contributed by atoms with Gasteiger partial charge in [0.15, 0.2) is 5.82 Å². The Morgan fingerprint density at radius 2 is 1.43 bits per heavy atom. The van der Waals surface area contributed by atoms with Crippen molar-refractivity contribution in [2.45, 2.75) is 105 Å². The molecule has 2 aromatic heterocycles. The van der Waals surface area contributed by atoms with Crippen molar-refractivity contribution < 1.29 is 42.5 Å². The number of anilines is 3. The third-order valence-electron chi connectivity index (χ3n) is 7.24. The summed E-state index contributed by atoms with van der Waals surface area (Å²) in [5.41, 5.74) is -2.86. The van der Waals surface area contributed by atoms with E-state index in [4.69, 9.17) is 24.2 Å². The van der Waals surface area contributed by atoms with Gasteiger partial charge in [-0.25, -0.2) is 28.6 Å². The second-order valence-corrected chi connectivity index (χ2v) is 15.1. The van der Waals surface area contributed by atoms with Gasteiger partial charge in [-0.15, -0.1) is 0 Å². The SMILES string of the molecule is Cc1c(-c2cc3cc(NC(=O)O[C@H]4C[C@@H](C#N)C4)ncc3c(NC(=O)OC(C)(C)C)c2F)cncc1N(C(=O)OC(C)(C)C)C(=O)OC(C)(C)C. The number of nitrogens with one attached hydrogen (secondary N) is 2. The fraction of sp³-hybridized carbons (Fsp3) is 0.472. The van der Waals surface area contributed by atoms with E-state index in [0.29, 0.717) is 23.1 Å². The standard InChI is InChI=1S/C36H43FN6O8/c1-19-24(16-39-18-26(19)43(32(46)50-35(5,6)7)33(47)51-36(8,9)10)23-13-21-14-27(41-30(44)48-22-11-20(12-22)15-38)40-17-25(21)29(28(23)37)42-31(45)49-34(2,3)4/h13-14,16-18,20,22H,11-12H2,1-10H3,(H,42,45)(H,40,41,44)/t20-,22+. The number of pyridine rings is 2. The highest BCUT2D eigenvalue weighted by Gasteiger charge is 2.35. The quantitative estimate of drug-likeness (QED) is 0.242. The van der Waals surface area contributed by atoms with Crippen molar-refractivity contribution in [2.24, 2.45) is 5.92 Å². The number of amides is 4. The number of hydrogen-bond donors (Lipinski definition) is 2. The van der Waals surface area contributed by atoms with Gasteiger partial charge in [0.2, 0.25) is 0 Å². The zero-order valence-electron chi connectivity index (χ0n) is 30.4. The van der Waals surface area contributed by atoms with Gasteiger partial charge in [-0.05, 0) is 92.3 Å². The van der Waals surface area contributed by atoms with E-state index in [1.54, 1.807) is 69.2 Å². The molecule has 2 heterocycles. The number of aromatic nitrogens is 2. The van der Waals surface area contributed by atoms with Crippen LogP contribution in [0.15, 0.2) is 30.7 Å². The molecule has 1 aliphatic carbocycles. The molecule has 1 saturated carbocycles. The molecule has 51 heavy (non-hydrogen) atoms.